The normalized spacial score (nSPS) is 30.7. The van der Waals surface area contributed by atoms with Crippen LogP contribution in [0.4, 0.5) is 0 Å². The van der Waals surface area contributed by atoms with Crippen LogP contribution in [0.3, 0.4) is 0 Å². The average molecular weight is 271 g/mol. The Kier molecular flexibility index (Phi) is 6.27. The number of carbonyl (C=O) groups excluding carboxylic acids is 1. The van der Waals surface area contributed by atoms with Crippen LogP contribution in [-0.4, -0.2) is 38.4 Å². The molecule has 0 amide bonds. The summed E-state index contributed by atoms with van der Waals surface area (Å²) in [6.07, 6.45) is 4.50. The van der Waals surface area contributed by atoms with Crippen LogP contribution in [-0.2, 0) is 14.3 Å². The van der Waals surface area contributed by atoms with Crippen LogP contribution in [0, 0.1) is 11.8 Å². The van der Waals surface area contributed by atoms with E-state index in [0.717, 1.165) is 24.7 Å². The average Bonchev–Trinajstić information content (AvgIpc) is 2.41. The molecule has 1 rings (SSSR count). The van der Waals surface area contributed by atoms with Crippen molar-refractivity contribution in [2.75, 3.05) is 20.8 Å². The van der Waals surface area contributed by atoms with Crippen LogP contribution in [0.15, 0.2) is 0 Å². The van der Waals surface area contributed by atoms with E-state index < -0.39 is 5.54 Å². The largest absolute Gasteiger partial charge is 0.468 e. The second-order valence-corrected chi connectivity index (χ2v) is 6.08. The minimum absolute atomic E-state index is 0.232. The molecule has 1 N–H and O–H groups in total. The van der Waals surface area contributed by atoms with Gasteiger partial charge in [-0.25, -0.2) is 0 Å². The van der Waals surface area contributed by atoms with Gasteiger partial charge in [0.25, 0.3) is 0 Å². The first-order chi connectivity index (χ1) is 8.92. The highest BCUT2D eigenvalue weighted by molar-refractivity contribution is 5.80. The molecule has 0 bridgehead atoms. The van der Waals surface area contributed by atoms with Gasteiger partial charge in [-0.05, 0) is 51.5 Å². The van der Waals surface area contributed by atoms with Crippen molar-refractivity contribution in [2.45, 2.75) is 58.1 Å². The Morgan fingerprint density at radius 2 is 2.00 bits per heavy atom. The van der Waals surface area contributed by atoms with Crippen LogP contribution in [0.1, 0.15) is 46.5 Å². The monoisotopic (exact) mass is 271 g/mol. The summed E-state index contributed by atoms with van der Waals surface area (Å²) in [7, 11) is 3.20. The number of methoxy groups -OCH3 is 1. The molecule has 112 valence electrons. The van der Waals surface area contributed by atoms with Gasteiger partial charge in [0.05, 0.1) is 13.2 Å². The molecule has 4 atom stereocenters. The summed E-state index contributed by atoms with van der Waals surface area (Å²) in [5.41, 5.74) is -0.650. The molecule has 4 heteroatoms. The van der Waals surface area contributed by atoms with Crippen molar-refractivity contribution in [2.24, 2.45) is 11.8 Å². The Bertz CT molecular complexity index is 295. The zero-order valence-corrected chi connectivity index (χ0v) is 13.0. The third-order valence-corrected chi connectivity index (χ3v) is 4.69. The van der Waals surface area contributed by atoms with Crippen LogP contribution < -0.4 is 5.32 Å². The van der Waals surface area contributed by atoms with Gasteiger partial charge in [-0.1, -0.05) is 13.8 Å². The third-order valence-electron chi connectivity index (χ3n) is 4.69. The molecule has 0 aromatic heterocycles. The van der Waals surface area contributed by atoms with E-state index in [0.29, 0.717) is 19.1 Å². The summed E-state index contributed by atoms with van der Waals surface area (Å²) in [5, 5.41) is 3.03. The predicted molar refractivity (Wildman–Crippen MR) is 76.0 cm³/mol. The van der Waals surface area contributed by atoms with E-state index in [1.807, 2.05) is 6.92 Å². The summed E-state index contributed by atoms with van der Waals surface area (Å²) >= 11 is 0. The van der Waals surface area contributed by atoms with E-state index >= 15 is 0 Å². The molecule has 0 aliphatic heterocycles. The third kappa shape index (κ3) is 4.46. The number of likely N-dealkylation sites (N-methyl/N-ethyl adjacent to an activating group) is 1. The van der Waals surface area contributed by atoms with E-state index in [2.05, 4.69) is 19.2 Å². The molecule has 0 heterocycles. The summed E-state index contributed by atoms with van der Waals surface area (Å²) in [6, 6.07) is 0. The van der Waals surface area contributed by atoms with E-state index in [9.17, 15) is 4.79 Å². The van der Waals surface area contributed by atoms with Crippen LogP contribution >= 0.6 is 0 Å². The van der Waals surface area contributed by atoms with Gasteiger partial charge < -0.3 is 14.8 Å². The Morgan fingerprint density at radius 1 is 1.32 bits per heavy atom. The first-order valence-corrected chi connectivity index (χ1v) is 7.32. The zero-order chi connectivity index (χ0) is 14.5. The van der Waals surface area contributed by atoms with Crippen molar-refractivity contribution in [3.8, 4) is 0 Å². The molecular weight excluding hydrogens is 242 g/mol. The minimum atomic E-state index is -0.650. The van der Waals surface area contributed by atoms with E-state index in [-0.39, 0.29) is 5.97 Å². The van der Waals surface area contributed by atoms with Gasteiger partial charge >= 0.3 is 5.97 Å². The molecule has 0 saturated heterocycles. The van der Waals surface area contributed by atoms with Crippen LogP contribution in [0.2, 0.25) is 0 Å². The van der Waals surface area contributed by atoms with Crippen molar-refractivity contribution in [3.05, 3.63) is 0 Å². The summed E-state index contributed by atoms with van der Waals surface area (Å²) < 4.78 is 10.8. The lowest BCUT2D eigenvalue weighted by Gasteiger charge is -2.33. The lowest BCUT2D eigenvalue weighted by molar-refractivity contribution is -0.148. The van der Waals surface area contributed by atoms with Crippen molar-refractivity contribution < 1.29 is 14.3 Å². The molecule has 4 unspecified atom stereocenters. The Morgan fingerprint density at radius 3 is 2.53 bits per heavy atom. The van der Waals surface area contributed by atoms with Crippen LogP contribution in [0.25, 0.3) is 0 Å². The van der Waals surface area contributed by atoms with E-state index in [1.54, 1.807) is 7.05 Å². The minimum Gasteiger partial charge on any atom is -0.468 e. The molecule has 0 aromatic rings. The SMILES string of the molecule is CNC(C)(CCOC1CCC(C)C(C)C1)C(=O)OC. The van der Waals surface area contributed by atoms with Gasteiger partial charge in [-0.2, -0.15) is 0 Å². The Hall–Kier alpha value is -0.610. The van der Waals surface area contributed by atoms with Crippen LogP contribution in [0.5, 0.6) is 0 Å². The number of hydrogen-bond acceptors (Lipinski definition) is 4. The molecule has 19 heavy (non-hydrogen) atoms. The predicted octanol–water partition coefficient (Wildman–Crippen LogP) is 2.37. The highest BCUT2D eigenvalue weighted by atomic mass is 16.5. The molecule has 0 spiro atoms. The number of carbonyl (C=O) groups is 1. The standard InChI is InChI=1S/C15H29NO3/c1-11-6-7-13(10-12(11)2)19-9-8-15(3,16-4)14(17)18-5/h11-13,16H,6-10H2,1-5H3. The molecule has 1 saturated carbocycles. The fourth-order valence-electron chi connectivity index (χ4n) is 2.63. The molecule has 0 radical (unpaired) electrons. The summed E-state index contributed by atoms with van der Waals surface area (Å²) in [4.78, 5) is 11.7. The molecule has 1 aliphatic rings. The smallest absolute Gasteiger partial charge is 0.325 e. The quantitative estimate of drug-likeness (QED) is 0.753. The van der Waals surface area contributed by atoms with Gasteiger partial charge in [0.1, 0.15) is 5.54 Å². The number of hydrogen-bond donors (Lipinski definition) is 1. The first-order valence-electron chi connectivity index (χ1n) is 7.32. The van der Waals surface area contributed by atoms with Gasteiger partial charge in [-0.3, -0.25) is 4.79 Å². The van der Waals surface area contributed by atoms with E-state index in [4.69, 9.17) is 9.47 Å². The topological polar surface area (TPSA) is 47.6 Å². The molecule has 1 aliphatic carbocycles. The molecule has 0 aromatic carbocycles. The Balaban J connectivity index is 2.35. The fourth-order valence-corrected chi connectivity index (χ4v) is 2.63. The highest BCUT2D eigenvalue weighted by Crippen LogP contribution is 2.31. The fraction of sp³-hybridized carbons (Fsp3) is 0.933. The zero-order valence-electron chi connectivity index (χ0n) is 13.0. The second kappa shape index (κ2) is 7.25. The number of nitrogens with one attached hydrogen (secondary N) is 1. The van der Waals surface area contributed by atoms with Gasteiger partial charge in [0.2, 0.25) is 0 Å². The van der Waals surface area contributed by atoms with Crippen molar-refractivity contribution in [3.63, 3.8) is 0 Å². The summed E-state index contributed by atoms with van der Waals surface area (Å²) in [5.74, 6) is 1.30. The summed E-state index contributed by atoms with van der Waals surface area (Å²) in [6.45, 7) is 7.06. The Labute approximate surface area is 117 Å². The number of esters is 1. The second-order valence-electron chi connectivity index (χ2n) is 6.08. The van der Waals surface area contributed by atoms with E-state index in [1.165, 1.54) is 13.5 Å². The number of ether oxygens (including phenoxy) is 2. The highest BCUT2D eigenvalue weighted by Gasteiger charge is 2.33. The lowest BCUT2D eigenvalue weighted by atomic mass is 9.80. The lowest BCUT2D eigenvalue weighted by Crippen LogP contribution is -2.49. The van der Waals surface area contributed by atoms with Crippen molar-refractivity contribution in [1.29, 1.82) is 0 Å². The van der Waals surface area contributed by atoms with Gasteiger partial charge in [0, 0.05) is 6.61 Å². The maximum atomic E-state index is 11.7. The van der Waals surface area contributed by atoms with Gasteiger partial charge in [-0.15, -0.1) is 0 Å². The maximum Gasteiger partial charge on any atom is 0.325 e. The molecule has 1 fully saturated rings. The van der Waals surface area contributed by atoms with Crippen molar-refractivity contribution >= 4 is 5.97 Å². The maximum absolute atomic E-state index is 11.7. The molecule has 4 nitrogen and oxygen atoms in total. The first kappa shape index (κ1) is 16.4. The van der Waals surface area contributed by atoms with Crippen molar-refractivity contribution in [1.82, 2.24) is 5.32 Å². The van der Waals surface area contributed by atoms with Gasteiger partial charge in [0.15, 0.2) is 0 Å². The number of rotatable bonds is 6. The molecular formula is C15H29NO3.